The highest BCUT2D eigenvalue weighted by Gasteiger charge is 2.31. The van der Waals surface area contributed by atoms with Crippen LogP contribution in [0.1, 0.15) is 5.56 Å². The average molecular weight is 357 g/mol. The molecule has 1 aliphatic heterocycles. The Morgan fingerprint density at radius 1 is 1.12 bits per heavy atom. The van der Waals surface area contributed by atoms with Crippen molar-refractivity contribution >= 4 is 21.4 Å². The van der Waals surface area contributed by atoms with Crippen LogP contribution in [-0.4, -0.2) is 33.2 Å². The molecule has 0 N–H and O–H groups in total. The van der Waals surface area contributed by atoms with Gasteiger partial charge in [-0.2, -0.15) is 0 Å². The van der Waals surface area contributed by atoms with Gasteiger partial charge in [-0.1, -0.05) is 30.3 Å². The third-order valence-corrected chi connectivity index (χ3v) is 5.44. The lowest BCUT2D eigenvalue weighted by Gasteiger charge is -2.27. The minimum atomic E-state index is -3.25. The molecule has 130 valence electrons. The van der Waals surface area contributed by atoms with Gasteiger partial charge in [0.1, 0.15) is 5.75 Å². The van der Waals surface area contributed by atoms with Crippen molar-refractivity contribution in [1.82, 2.24) is 0 Å². The lowest BCUT2D eigenvalue weighted by Crippen LogP contribution is -2.42. The van der Waals surface area contributed by atoms with Gasteiger partial charge in [-0.3, -0.25) is 4.79 Å². The highest BCUT2D eigenvalue weighted by atomic mass is 32.2. The van der Waals surface area contributed by atoms with E-state index in [-0.39, 0.29) is 18.1 Å². The van der Waals surface area contributed by atoms with E-state index in [1.54, 1.807) is 30.2 Å². The van der Waals surface area contributed by atoms with Gasteiger partial charge in [0.2, 0.25) is 5.91 Å². The Bertz CT molecular complexity index is 873. The van der Waals surface area contributed by atoms with E-state index in [0.717, 1.165) is 11.3 Å². The van der Waals surface area contributed by atoms with Crippen molar-refractivity contribution in [2.75, 3.05) is 17.8 Å². The van der Waals surface area contributed by atoms with Crippen LogP contribution < -0.4 is 9.64 Å². The number of ether oxygens (including phenoxy) is 1. The summed E-state index contributed by atoms with van der Waals surface area (Å²) in [5.74, 6) is 0.486. The first-order valence-electron chi connectivity index (χ1n) is 7.89. The Kier molecular flexibility index (Phi) is 4.90. The molecule has 2 aromatic rings. The second-order valence-electron chi connectivity index (χ2n) is 5.85. The first-order valence-corrected chi connectivity index (χ1v) is 9.61. The summed E-state index contributed by atoms with van der Waals surface area (Å²) in [5.41, 5.74) is 1.53. The minimum Gasteiger partial charge on any atom is -0.497 e. The molecule has 1 heterocycles. The summed E-state index contributed by atoms with van der Waals surface area (Å²) in [6.07, 6.45) is 1.76. The van der Waals surface area contributed by atoms with Gasteiger partial charge >= 0.3 is 0 Å². The SMILES string of the molecule is COc1ccc(CC(=O)N(c2ccccc2)[C@H]2C=CS(=O)(=O)C2)cc1. The zero-order valence-corrected chi connectivity index (χ0v) is 14.6. The number of benzene rings is 2. The van der Waals surface area contributed by atoms with Crippen molar-refractivity contribution < 1.29 is 17.9 Å². The monoisotopic (exact) mass is 357 g/mol. The third-order valence-electron chi connectivity index (χ3n) is 4.06. The van der Waals surface area contributed by atoms with Gasteiger partial charge in [0, 0.05) is 11.1 Å². The van der Waals surface area contributed by atoms with E-state index >= 15 is 0 Å². The van der Waals surface area contributed by atoms with Gasteiger partial charge in [0.05, 0.1) is 25.3 Å². The number of rotatable bonds is 5. The Hall–Kier alpha value is -2.60. The average Bonchev–Trinajstić information content (AvgIpc) is 2.96. The number of anilines is 1. The molecule has 2 aromatic carbocycles. The molecule has 6 heteroatoms. The Labute approximate surface area is 147 Å². The summed E-state index contributed by atoms with van der Waals surface area (Å²) >= 11 is 0. The number of hydrogen-bond acceptors (Lipinski definition) is 4. The van der Waals surface area contributed by atoms with Crippen LogP contribution in [0.4, 0.5) is 5.69 Å². The second kappa shape index (κ2) is 7.11. The van der Waals surface area contributed by atoms with Gasteiger partial charge in [-0.25, -0.2) is 8.42 Å². The molecule has 0 saturated heterocycles. The number of sulfone groups is 1. The molecule has 5 nitrogen and oxygen atoms in total. The Morgan fingerprint density at radius 2 is 1.80 bits per heavy atom. The number of carbonyl (C=O) groups is 1. The first-order chi connectivity index (χ1) is 12.0. The third kappa shape index (κ3) is 4.09. The second-order valence-corrected chi connectivity index (χ2v) is 7.78. The minimum absolute atomic E-state index is 0.0871. The van der Waals surface area contributed by atoms with Crippen molar-refractivity contribution in [3.8, 4) is 5.75 Å². The van der Waals surface area contributed by atoms with Crippen molar-refractivity contribution in [3.63, 3.8) is 0 Å². The van der Waals surface area contributed by atoms with Crippen LogP contribution in [0.2, 0.25) is 0 Å². The molecule has 0 saturated carbocycles. The maximum absolute atomic E-state index is 12.9. The zero-order valence-electron chi connectivity index (χ0n) is 13.8. The highest BCUT2D eigenvalue weighted by molar-refractivity contribution is 7.94. The van der Waals surface area contributed by atoms with Crippen LogP contribution in [0.3, 0.4) is 0 Å². The maximum Gasteiger partial charge on any atom is 0.231 e. The molecule has 0 fully saturated rings. The van der Waals surface area contributed by atoms with Crippen LogP contribution in [0.15, 0.2) is 66.1 Å². The summed E-state index contributed by atoms with van der Waals surface area (Å²) in [7, 11) is -1.67. The molecule has 1 atom stereocenters. The van der Waals surface area contributed by atoms with Crippen molar-refractivity contribution in [2.24, 2.45) is 0 Å². The fourth-order valence-electron chi connectivity index (χ4n) is 2.83. The number of para-hydroxylation sites is 1. The highest BCUT2D eigenvalue weighted by Crippen LogP contribution is 2.24. The number of nitrogens with zero attached hydrogens (tertiary/aromatic N) is 1. The van der Waals surface area contributed by atoms with Crippen LogP contribution in [0.5, 0.6) is 5.75 Å². The molecule has 0 radical (unpaired) electrons. The molecule has 1 aliphatic rings. The van der Waals surface area contributed by atoms with Gasteiger partial charge < -0.3 is 9.64 Å². The number of methoxy groups -OCH3 is 1. The first kappa shape index (κ1) is 17.2. The van der Waals surface area contributed by atoms with E-state index in [0.29, 0.717) is 5.69 Å². The smallest absolute Gasteiger partial charge is 0.231 e. The quantitative estimate of drug-likeness (QED) is 0.825. The fourth-order valence-corrected chi connectivity index (χ4v) is 4.10. The zero-order chi connectivity index (χ0) is 17.9. The van der Waals surface area contributed by atoms with E-state index in [1.165, 1.54) is 5.41 Å². The largest absolute Gasteiger partial charge is 0.497 e. The van der Waals surface area contributed by atoms with E-state index in [9.17, 15) is 13.2 Å². The Balaban J connectivity index is 1.86. The van der Waals surface area contributed by atoms with Crippen LogP contribution >= 0.6 is 0 Å². The molecule has 1 amide bonds. The molecular formula is C19H19NO4S. The van der Waals surface area contributed by atoms with E-state index < -0.39 is 15.9 Å². The molecule has 25 heavy (non-hydrogen) atoms. The predicted octanol–water partition coefficient (Wildman–Crippen LogP) is 2.58. The molecule has 0 aliphatic carbocycles. The lowest BCUT2D eigenvalue weighted by molar-refractivity contribution is -0.118. The lowest BCUT2D eigenvalue weighted by atomic mass is 10.1. The normalized spacial score (nSPS) is 18.0. The summed E-state index contributed by atoms with van der Waals surface area (Å²) in [6, 6.07) is 15.9. The van der Waals surface area contributed by atoms with Crippen LogP contribution in [0.25, 0.3) is 0 Å². The molecule has 0 unspecified atom stereocenters. The summed E-state index contributed by atoms with van der Waals surface area (Å²) in [6.45, 7) is 0. The fraction of sp³-hybridized carbons (Fsp3) is 0.211. The van der Waals surface area contributed by atoms with Gasteiger partial charge in [0.25, 0.3) is 0 Å². The summed E-state index contributed by atoms with van der Waals surface area (Å²) in [5, 5.41) is 1.19. The predicted molar refractivity (Wildman–Crippen MR) is 97.3 cm³/mol. The van der Waals surface area contributed by atoms with Gasteiger partial charge in [-0.15, -0.1) is 0 Å². The molecule has 3 rings (SSSR count). The molecule has 0 spiro atoms. The molecule has 0 aromatic heterocycles. The number of carbonyl (C=O) groups excluding carboxylic acids is 1. The standard InChI is InChI=1S/C19H19NO4S/c1-24-18-9-7-15(8-10-18)13-19(21)20(16-5-3-2-4-6-16)17-11-12-25(22,23)14-17/h2-12,17H,13-14H2,1H3/t17-/m0/s1. The number of hydrogen-bond donors (Lipinski definition) is 0. The molecular weight excluding hydrogens is 338 g/mol. The molecule has 0 bridgehead atoms. The van der Waals surface area contributed by atoms with Crippen molar-refractivity contribution in [1.29, 1.82) is 0 Å². The summed E-state index contributed by atoms with van der Waals surface area (Å²) < 4.78 is 28.7. The number of amides is 1. The topological polar surface area (TPSA) is 63.7 Å². The van der Waals surface area contributed by atoms with E-state index in [1.807, 2.05) is 42.5 Å². The maximum atomic E-state index is 12.9. The van der Waals surface area contributed by atoms with Crippen molar-refractivity contribution in [3.05, 3.63) is 71.6 Å². The van der Waals surface area contributed by atoms with Gasteiger partial charge in [0.15, 0.2) is 9.84 Å². The Morgan fingerprint density at radius 3 is 2.36 bits per heavy atom. The van der Waals surface area contributed by atoms with Crippen molar-refractivity contribution in [2.45, 2.75) is 12.5 Å². The summed E-state index contributed by atoms with van der Waals surface area (Å²) in [4.78, 5) is 14.5. The van der Waals surface area contributed by atoms with E-state index in [4.69, 9.17) is 4.74 Å². The van der Waals surface area contributed by atoms with E-state index in [2.05, 4.69) is 0 Å². The van der Waals surface area contributed by atoms with Gasteiger partial charge in [-0.05, 0) is 35.9 Å². The van der Waals surface area contributed by atoms with Crippen LogP contribution in [-0.2, 0) is 21.1 Å². The van der Waals surface area contributed by atoms with Crippen LogP contribution in [0, 0.1) is 0 Å².